The van der Waals surface area contributed by atoms with Gasteiger partial charge in [-0.15, -0.1) is 0 Å². The van der Waals surface area contributed by atoms with E-state index in [1.165, 1.54) is 37.0 Å². The molecule has 1 aliphatic rings. The smallest absolute Gasteiger partial charge is 0.251 e. The number of hydrogen-bond acceptors (Lipinski definition) is 2. The summed E-state index contributed by atoms with van der Waals surface area (Å²) >= 11 is 0. The molecule has 0 saturated carbocycles. The lowest BCUT2D eigenvalue weighted by atomic mass is 10.0. The third-order valence-electron chi connectivity index (χ3n) is 5.32. The summed E-state index contributed by atoms with van der Waals surface area (Å²) in [5, 5.41) is 2.95. The molecule has 0 aromatic heterocycles. The SMILES string of the molecule is Cc1ccc(F)cc1C(=O)NCc1ccccc1CN1CCCCC1C. The fourth-order valence-electron chi connectivity index (χ4n) is 3.61. The molecule has 2 aromatic rings. The van der Waals surface area contributed by atoms with Crippen molar-refractivity contribution in [1.29, 1.82) is 0 Å². The Morgan fingerprint density at radius 3 is 2.73 bits per heavy atom. The van der Waals surface area contributed by atoms with Crippen LogP contribution in [-0.2, 0) is 13.1 Å². The molecule has 0 spiro atoms. The van der Waals surface area contributed by atoms with Crippen molar-refractivity contribution in [3.63, 3.8) is 0 Å². The lowest BCUT2D eigenvalue weighted by Crippen LogP contribution is -2.37. The average molecular weight is 354 g/mol. The van der Waals surface area contributed by atoms with E-state index in [1.54, 1.807) is 6.07 Å². The standard InChI is InChI=1S/C22H27FN2O/c1-16-10-11-20(23)13-21(16)22(26)24-14-18-8-3-4-9-19(18)15-25-12-6-5-7-17(25)2/h3-4,8-11,13,17H,5-7,12,14-15H2,1-2H3,(H,24,26). The maximum atomic E-state index is 13.4. The zero-order chi connectivity index (χ0) is 18.5. The predicted molar refractivity (Wildman–Crippen MR) is 102 cm³/mol. The van der Waals surface area contributed by atoms with Crippen LogP contribution in [0.3, 0.4) is 0 Å². The van der Waals surface area contributed by atoms with Crippen LogP contribution in [0.25, 0.3) is 0 Å². The Labute approximate surface area is 155 Å². The van der Waals surface area contributed by atoms with Gasteiger partial charge >= 0.3 is 0 Å². The van der Waals surface area contributed by atoms with E-state index in [9.17, 15) is 9.18 Å². The lowest BCUT2D eigenvalue weighted by molar-refractivity contribution is 0.0949. The summed E-state index contributed by atoms with van der Waals surface area (Å²) < 4.78 is 13.4. The Bertz CT molecular complexity index is 774. The summed E-state index contributed by atoms with van der Waals surface area (Å²) in [4.78, 5) is 15.0. The van der Waals surface area contributed by atoms with E-state index in [-0.39, 0.29) is 11.7 Å². The quantitative estimate of drug-likeness (QED) is 0.861. The molecule has 1 unspecified atom stereocenters. The minimum absolute atomic E-state index is 0.233. The van der Waals surface area contributed by atoms with E-state index in [4.69, 9.17) is 0 Å². The number of nitrogens with one attached hydrogen (secondary N) is 1. The number of amides is 1. The monoisotopic (exact) mass is 354 g/mol. The second-order valence-corrected chi connectivity index (χ2v) is 7.23. The molecular weight excluding hydrogens is 327 g/mol. The molecule has 1 fully saturated rings. The highest BCUT2D eigenvalue weighted by atomic mass is 19.1. The van der Waals surface area contributed by atoms with Gasteiger partial charge in [0, 0.05) is 24.7 Å². The maximum absolute atomic E-state index is 13.4. The number of nitrogens with zero attached hydrogens (tertiary/aromatic N) is 1. The first-order valence-electron chi connectivity index (χ1n) is 9.40. The van der Waals surface area contributed by atoms with Crippen LogP contribution in [0, 0.1) is 12.7 Å². The number of carbonyl (C=O) groups excluding carboxylic acids is 1. The van der Waals surface area contributed by atoms with Crippen molar-refractivity contribution in [2.24, 2.45) is 0 Å². The molecule has 1 saturated heterocycles. The fourth-order valence-corrected chi connectivity index (χ4v) is 3.61. The minimum atomic E-state index is -0.389. The average Bonchev–Trinajstić information content (AvgIpc) is 2.64. The molecule has 2 aromatic carbocycles. The number of halogens is 1. The van der Waals surface area contributed by atoms with Crippen molar-refractivity contribution in [2.75, 3.05) is 6.54 Å². The predicted octanol–water partition coefficient (Wildman–Crippen LogP) is 4.44. The van der Waals surface area contributed by atoms with Crippen LogP contribution in [0.4, 0.5) is 4.39 Å². The Kier molecular flexibility index (Phi) is 6.04. The summed E-state index contributed by atoms with van der Waals surface area (Å²) in [5.74, 6) is -0.622. The molecule has 0 radical (unpaired) electrons. The summed E-state index contributed by atoms with van der Waals surface area (Å²) in [6.07, 6.45) is 3.81. The molecule has 0 bridgehead atoms. The molecule has 3 nitrogen and oxygen atoms in total. The van der Waals surface area contributed by atoms with Gasteiger partial charge in [-0.25, -0.2) is 4.39 Å². The van der Waals surface area contributed by atoms with Crippen LogP contribution in [0.2, 0.25) is 0 Å². The Hall–Kier alpha value is -2.20. The molecule has 138 valence electrons. The van der Waals surface area contributed by atoms with Crippen LogP contribution in [0.5, 0.6) is 0 Å². The zero-order valence-corrected chi connectivity index (χ0v) is 15.6. The summed E-state index contributed by atoms with van der Waals surface area (Å²) in [5.41, 5.74) is 3.54. The minimum Gasteiger partial charge on any atom is -0.348 e. The first-order chi connectivity index (χ1) is 12.5. The molecule has 1 heterocycles. The highest BCUT2D eigenvalue weighted by Crippen LogP contribution is 2.21. The topological polar surface area (TPSA) is 32.3 Å². The Morgan fingerprint density at radius 1 is 1.19 bits per heavy atom. The maximum Gasteiger partial charge on any atom is 0.251 e. The number of benzene rings is 2. The molecule has 26 heavy (non-hydrogen) atoms. The molecular formula is C22H27FN2O. The lowest BCUT2D eigenvalue weighted by Gasteiger charge is -2.33. The third-order valence-corrected chi connectivity index (χ3v) is 5.32. The molecule has 1 aliphatic heterocycles. The van der Waals surface area contributed by atoms with Crippen molar-refractivity contribution in [1.82, 2.24) is 10.2 Å². The number of likely N-dealkylation sites (tertiary alicyclic amines) is 1. The van der Waals surface area contributed by atoms with Crippen LogP contribution in [-0.4, -0.2) is 23.4 Å². The molecule has 1 N–H and O–H groups in total. The highest BCUT2D eigenvalue weighted by Gasteiger charge is 2.19. The first-order valence-corrected chi connectivity index (χ1v) is 9.40. The van der Waals surface area contributed by atoms with Crippen LogP contribution >= 0.6 is 0 Å². The van der Waals surface area contributed by atoms with Gasteiger partial charge < -0.3 is 5.32 Å². The highest BCUT2D eigenvalue weighted by molar-refractivity contribution is 5.95. The molecule has 1 amide bonds. The van der Waals surface area contributed by atoms with Gasteiger partial charge in [-0.1, -0.05) is 36.8 Å². The third kappa shape index (κ3) is 4.50. The van der Waals surface area contributed by atoms with Crippen LogP contribution in [0.15, 0.2) is 42.5 Å². The van der Waals surface area contributed by atoms with Crippen molar-refractivity contribution in [2.45, 2.75) is 52.2 Å². The van der Waals surface area contributed by atoms with Crippen molar-refractivity contribution < 1.29 is 9.18 Å². The van der Waals surface area contributed by atoms with E-state index in [2.05, 4.69) is 29.3 Å². The number of aryl methyl sites for hydroxylation is 1. The number of rotatable bonds is 5. The molecule has 4 heteroatoms. The van der Waals surface area contributed by atoms with Crippen molar-refractivity contribution in [3.05, 3.63) is 70.5 Å². The van der Waals surface area contributed by atoms with Crippen LogP contribution in [0.1, 0.15) is 53.2 Å². The molecule has 0 aliphatic carbocycles. The fraction of sp³-hybridized carbons (Fsp3) is 0.409. The Morgan fingerprint density at radius 2 is 1.96 bits per heavy atom. The van der Waals surface area contributed by atoms with Gasteiger partial charge in [-0.3, -0.25) is 9.69 Å². The number of piperidine rings is 1. The van der Waals surface area contributed by atoms with Gasteiger partial charge in [0.25, 0.3) is 5.91 Å². The van der Waals surface area contributed by atoms with E-state index in [0.717, 1.165) is 24.2 Å². The summed E-state index contributed by atoms with van der Waals surface area (Å²) in [6, 6.07) is 13.1. The first kappa shape index (κ1) is 18.6. The van der Waals surface area contributed by atoms with Crippen LogP contribution < -0.4 is 5.32 Å². The molecule has 1 atom stereocenters. The summed E-state index contributed by atoms with van der Waals surface area (Å²) in [7, 11) is 0. The van der Waals surface area contributed by atoms with Crippen molar-refractivity contribution >= 4 is 5.91 Å². The van der Waals surface area contributed by atoms with Gasteiger partial charge in [0.15, 0.2) is 0 Å². The van der Waals surface area contributed by atoms with E-state index >= 15 is 0 Å². The number of carbonyl (C=O) groups is 1. The second kappa shape index (κ2) is 8.45. The van der Waals surface area contributed by atoms with Gasteiger partial charge in [0.05, 0.1) is 0 Å². The zero-order valence-electron chi connectivity index (χ0n) is 15.6. The van der Waals surface area contributed by atoms with Gasteiger partial charge in [0.2, 0.25) is 0 Å². The van der Waals surface area contributed by atoms with Gasteiger partial charge in [-0.2, -0.15) is 0 Å². The largest absolute Gasteiger partial charge is 0.348 e. The van der Waals surface area contributed by atoms with Gasteiger partial charge in [-0.05, 0) is 62.1 Å². The number of hydrogen-bond donors (Lipinski definition) is 1. The van der Waals surface area contributed by atoms with E-state index in [0.29, 0.717) is 18.2 Å². The second-order valence-electron chi connectivity index (χ2n) is 7.23. The normalized spacial score (nSPS) is 17.9. The summed E-state index contributed by atoms with van der Waals surface area (Å²) in [6.45, 7) is 6.60. The molecule has 3 rings (SSSR count). The van der Waals surface area contributed by atoms with Gasteiger partial charge in [0.1, 0.15) is 5.82 Å². The van der Waals surface area contributed by atoms with Crippen molar-refractivity contribution in [3.8, 4) is 0 Å². The Balaban J connectivity index is 1.68. The van der Waals surface area contributed by atoms with E-state index in [1.807, 2.05) is 19.1 Å². The van der Waals surface area contributed by atoms with E-state index < -0.39 is 0 Å².